The van der Waals surface area contributed by atoms with E-state index in [1.54, 1.807) is 0 Å². The van der Waals surface area contributed by atoms with E-state index in [0.29, 0.717) is 0 Å². The van der Waals surface area contributed by atoms with Crippen molar-refractivity contribution in [2.45, 2.75) is 12.2 Å². The van der Waals surface area contributed by atoms with Gasteiger partial charge in [-0.3, -0.25) is 0 Å². The highest BCUT2D eigenvalue weighted by atomic mass is 16.9. The second-order valence-electron chi connectivity index (χ2n) is 2.15. The molecule has 0 spiro atoms. The number of ether oxygens (including phenoxy) is 1. The SMILES string of the molecule is O=[N+]([O-])O.O=[N+]([O-])O.O[C@@H]1COC[C@H]1O. The van der Waals surface area contributed by atoms with Gasteiger partial charge in [0.15, 0.2) is 0 Å². The standard InChI is InChI=1S/C4H8O3.2HNO3/c5-3-1-7-2-4(3)6;2*2-1(3)4/h3-6H,1-2H2;2*(H,2,3,4)/t3-,4-;;/m1../s1. The van der Waals surface area contributed by atoms with Crippen molar-refractivity contribution >= 4 is 0 Å². The molecule has 0 amide bonds. The fourth-order valence-corrected chi connectivity index (χ4v) is 0.532. The van der Waals surface area contributed by atoms with Crippen LogP contribution in [0.2, 0.25) is 0 Å². The van der Waals surface area contributed by atoms with Crippen molar-refractivity contribution in [3.63, 3.8) is 0 Å². The number of aliphatic hydroxyl groups is 2. The maximum atomic E-state index is 8.62. The van der Waals surface area contributed by atoms with E-state index >= 15 is 0 Å². The number of hydrogen-bond donors (Lipinski definition) is 4. The highest BCUT2D eigenvalue weighted by Crippen LogP contribution is 2.02. The molecule has 0 aliphatic carbocycles. The molecule has 0 aromatic heterocycles. The summed E-state index contributed by atoms with van der Waals surface area (Å²) in [6.07, 6.45) is -1.31. The molecule has 11 heteroatoms. The van der Waals surface area contributed by atoms with Crippen LogP contribution in [0.4, 0.5) is 0 Å². The summed E-state index contributed by atoms with van der Waals surface area (Å²) in [5.41, 5.74) is 0. The highest BCUT2D eigenvalue weighted by molar-refractivity contribution is 4.71. The molecule has 1 saturated heterocycles. The lowest BCUT2D eigenvalue weighted by atomic mass is 10.3. The molecule has 0 bridgehead atoms. The summed E-state index contributed by atoms with van der Waals surface area (Å²) in [6.45, 7) is 0.558. The molecule has 0 unspecified atom stereocenters. The first-order valence-corrected chi connectivity index (χ1v) is 3.37. The minimum absolute atomic E-state index is 0.279. The van der Waals surface area contributed by atoms with Crippen molar-refractivity contribution in [3.05, 3.63) is 20.2 Å². The smallest absolute Gasteiger partial charge is 0.291 e. The Morgan fingerprint density at radius 1 is 1.00 bits per heavy atom. The Morgan fingerprint density at radius 2 is 1.20 bits per heavy atom. The molecule has 4 N–H and O–H groups in total. The van der Waals surface area contributed by atoms with Gasteiger partial charge in [-0.05, 0) is 0 Å². The molecule has 0 aromatic carbocycles. The van der Waals surface area contributed by atoms with Crippen LogP contribution in [0.25, 0.3) is 0 Å². The molecule has 0 aromatic rings. The Labute approximate surface area is 82.3 Å². The van der Waals surface area contributed by atoms with Crippen LogP contribution >= 0.6 is 0 Å². The van der Waals surface area contributed by atoms with Gasteiger partial charge in [0.05, 0.1) is 13.2 Å². The zero-order chi connectivity index (χ0) is 12.4. The first-order chi connectivity index (χ1) is 6.77. The number of hydrogen-bond acceptors (Lipinski definition) is 7. The van der Waals surface area contributed by atoms with Crippen molar-refractivity contribution in [1.82, 2.24) is 0 Å². The van der Waals surface area contributed by atoms with Gasteiger partial charge in [-0.2, -0.15) is 0 Å². The normalized spacial score (nSPS) is 22.8. The van der Waals surface area contributed by atoms with Crippen LogP contribution in [0, 0.1) is 20.2 Å². The van der Waals surface area contributed by atoms with E-state index in [0.717, 1.165) is 0 Å². The third-order valence-electron chi connectivity index (χ3n) is 1.02. The zero-order valence-electron chi connectivity index (χ0n) is 7.29. The largest absolute Gasteiger partial charge is 0.388 e. The van der Waals surface area contributed by atoms with Gasteiger partial charge in [-0.25, -0.2) is 0 Å². The number of nitrogens with zero attached hydrogens (tertiary/aromatic N) is 2. The van der Waals surface area contributed by atoms with Gasteiger partial charge in [-0.1, -0.05) is 0 Å². The molecule has 1 aliphatic rings. The van der Waals surface area contributed by atoms with Gasteiger partial charge in [0.2, 0.25) is 0 Å². The van der Waals surface area contributed by atoms with Crippen LogP contribution in [0.15, 0.2) is 0 Å². The van der Waals surface area contributed by atoms with Gasteiger partial charge in [0.1, 0.15) is 12.2 Å². The fourth-order valence-electron chi connectivity index (χ4n) is 0.532. The van der Waals surface area contributed by atoms with Gasteiger partial charge >= 0.3 is 0 Å². The maximum absolute atomic E-state index is 8.62. The minimum Gasteiger partial charge on any atom is -0.388 e. The van der Waals surface area contributed by atoms with E-state index in [-0.39, 0.29) is 13.2 Å². The third kappa shape index (κ3) is 18.9. The van der Waals surface area contributed by atoms with E-state index in [2.05, 4.69) is 4.74 Å². The van der Waals surface area contributed by atoms with E-state index < -0.39 is 22.4 Å². The molecular weight excluding hydrogens is 220 g/mol. The lowest BCUT2D eigenvalue weighted by Gasteiger charge is -2.00. The summed E-state index contributed by atoms with van der Waals surface area (Å²) < 4.78 is 4.67. The Morgan fingerprint density at radius 3 is 1.27 bits per heavy atom. The predicted molar refractivity (Wildman–Crippen MR) is 40.4 cm³/mol. The van der Waals surface area contributed by atoms with E-state index in [9.17, 15) is 0 Å². The topological polar surface area (TPSA) is 176 Å². The van der Waals surface area contributed by atoms with Crippen LogP contribution in [0.3, 0.4) is 0 Å². The molecule has 1 aliphatic heterocycles. The summed E-state index contributed by atoms with van der Waals surface area (Å²) in [7, 11) is 0. The van der Waals surface area contributed by atoms with Crippen LogP contribution in [-0.2, 0) is 4.74 Å². The van der Waals surface area contributed by atoms with Crippen molar-refractivity contribution in [3.8, 4) is 0 Å². The quantitative estimate of drug-likeness (QED) is 0.271. The van der Waals surface area contributed by atoms with Gasteiger partial charge < -0.3 is 25.4 Å². The molecule has 2 atom stereocenters. The van der Waals surface area contributed by atoms with Gasteiger partial charge in [0, 0.05) is 0 Å². The summed E-state index contributed by atoms with van der Waals surface area (Å²) in [5, 5.41) is 44.5. The molecular formula is C4H10N2O9. The third-order valence-corrected chi connectivity index (χ3v) is 1.02. The van der Waals surface area contributed by atoms with Crippen molar-refractivity contribution in [2.75, 3.05) is 13.2 Å². The van der Waals surface area contributed by atoms with Crippen LogP contribution in [0.5, 0.6) is 0 Å². The molecule has 1 rings (SSSR count). The lowest BCUT2D eigenvalue weighted by Crippen LogP contribution is -2.22. The molecule has 0 radical (unpaired) electrons. The summed E-state index contributed by atoms with van der Waals surface area (Å²) >= 11 is 0. The average Bonchev–Trinajstić information content (AvgIpc) is 2.33. The van der Waals surface area contributed by atoms with Crippen molar-refractivity contribution in [2.24, 2.45) is 0 Å². The Balaban J connectivity index is 0. The van der Waals surface area contributed by atoms with E-state index in [1.165, 1.54) is 0 Å². The fraction of sp³-hybridized carbons (Fsp3) is 1.00. The molecule has 1 fully saturated rings. The molecule has 0 saturated carbocycles. The first kappa shape index (κ1) is 15.7. The Kier molecular flexibility index (Phi) is 9.30. The monoisotopic (exact) mass is 230 g/mol. The average molecular weight is 230 g/mol. The van der Waals surface area contributed by atoms with Gasteiger partial charge in [0.25, 0.3) is 10.2 Å². The molecule has 90 valence electrons. The van der Waals surface area contributed by atoms with Crippen molar-refractivity contribution in [1.29, 1.82) is 0 Å². The summed E-state index contributed by atoms with van der Waals surface area (Å²) in [6, 6.07) is 0. The van der Waals surface area contributed by atoms with Crippen LogP contribution in [-0.4, -0.2) is 56.2 Å². The van der Waals surface area contributed by atoms with E-state index in [4.69, 9.17) is 40.9 Å². The van der Waals surface area contributed by atoms with E-state index in [1.807, 2.05) is 0 Å². The molecule has 1 heterocycles. The zero-order valence-corrected chi connectivity index (χ0v) is 7.29. The second-order valence-corrected chi connectivity index (χ2v) is 2.15. The summed E-state index contributed by atoms with van der Waals surface area (Å²) in [5.74, 6) is 0. The molecule has 11 nitrogen and oxygen atoms in total. The Bertz CT molecular complexity index is 169. The molecule has 15 heavy (non-hydrogen) atoms. The first-order valence-electron chi connectivity index (χ1n) is 3.37. The Hall–Kier alpha value is -1.72. The minimum atomic E-state index is -1.50. The van der Waals surface area contributed by atoms with Crippen LogP contribution in [0.1, 0.15) is 0 Å². The second kappa shape index (κ2) is 8.86. The maximum Gasteiger partial charge on any atom is 0.291 e. The van der Waals surface area contributed by atoms with Gasteiger partial charge in [-0.15, -0.1) is 20.2 Å². The predicted octanol–water partition coefficient (Wildman–Crippen LogP) is -1.96. The van der Waals surface area contributed by atoms with Crippen LogP contribution < -0.4 is 0 Å². The highest BCUT2D eigenvalue weighted by Gasteiger charge is 2.22. The number of aliphatic hydroxyl groups excluding tert-OH is 2. The summed E-state index contributed by atoms with van der Waals surface area (Å²) in [4.78, 5) is 16.7. The number of rotatable bonds is 0. The van der Waals surface area contributed by atoms with Crippen molar-refractivity contribution < 1.29 is 35.5 Å². The lowest BCUT2D eigenvalue weighted by molar-refractivity contribution is -0.742.